The van der Waals surface area contributed by atoms with Crippen LogP contribution < -0.4 is 5.32 Å². The quantitative estimate of drug-likeness (QED) is 0.466. The van der Waals surface area contributed by atoms with Crippen molar-refractivity contribution in [1.82, 2.24) is 5.32 Å². The topological polar surface area (TPSA) is 58.6 Å². The van der Waals surface area contributed by atoms with Crippen molar-refractivity contribution in [3.8, 4) is 0 Å². The summed E-state index contributed by atoms with van der Waals surface area (Å²) in [6, 6.07) is 0. The van der Waals surface area contributed by atoms with Crippen LogP contribution in [0.2, 0.25) is 0 Å². The lowest BCUT2D eigenvalue weighted by Gasteiger charge is -2.21. The van der Waals surface area contributed by atoms with Crippen LogP contribution in [0.3, 0.4) is 0 Å². The predicted octanol–water partition coefficient (Wildman–Crippen LogP) is 0.300. The van der Waals surface area contributed by atoms with E-state index in [-0.39, 0.29) is 5.97 Å². The Bertz CT molecular complexity index is 157. The molecule has 13 heavy (non-hydrogen) atoms. The first kappa shape index (κ1) is 12.4. The number of hydrogen-bond acceptors (Lipinski definition) is 4. The maximum Gasteiger partial charge on any atom is 0.306 e. The van der Waals surface area contributed by atoms with Crippen LogP contribution in [0.5, 0.6) is 0 Å². The largest absolute Gasteiger partial charge is 0.469 e. The zero-order chi connectivity index (χ0) is 10.3. The van der Waals surface area contributed by atoms with Gasteiger partial charge in [0, 0.05) is 13.1 Å². The Morgan fingerprint density at radius 3 is 2.69 bits per heavy atom. The van der Waals surface area contributed by atoms with Crippen molar-refractivity contribution in [3.05, 3.63) is 0 Å². The van der Waals surface area contributed by atoms with Gasteiger partial charge in [-0.25, -0.2) is 0 Å². The van der Waals surface area contributed by atoms with Crippen molar-refractivity contribution in [1.29, 1.82) is 0 Å². The average Bonchev–Trinajstić information content (AvgIpc) is 2.12. The van der Waals surface area contributed by atoms with Crippen molar-refractivity contribution in [2.75, 3.05) is 20.2 Å². The second-order valence-corrected chi connectivity index (χ2v) is 3.35. The minimum Gasteiger partial charge on any atom is -0.469 e. The van der Waals surface area contributed by atoms with E-state index in [2.05, 4.69) is 10.1 Å². The monoisotopic (exact) mass is 189 g/mol. The molecule has 2 N–H and O–H groups in total. The summed E-state index contributed by atoms with van der Waals surface area (Å²) in [6.45, 7) is 4.73. The van der Waals surface area contributed by atoms with Gasteiger partial charge >= 0.3 is 5.97 Å². The van der Waals surface area contributed by atoms with E-state index in [4.69, 9.17) is 0 Å². The van der Waals surface area contributed by atoms with Crippen LogP contribution in [0.15, 0.2) is 0 Å². The molecule has 0 aromatic rings. The standard InChI is InChI=1S/C9H19NO3/c1-4-9(2,12)7-10-6-5-8(11)13-3/h10,12H,4-7H2,1-3H3. The van der Waals surface area contributed by atoms with E-state index in [1.807, 2.05) is 6.92 Å². The van der Waals surface area contributed by atoms with Gasteiger partial charge in [0.1, 0.15) is 0 Å². The summed E-state index contributed by atoms with van der Waals surface area (Å²) in [7, 11) is 1.37. The zero-order valence-corrected chi connectivity index (χ0v) is 8.59. The highest BCUT2D eigenvalue weighted by Gasteiger charge is 2.16. The number of methoxy groups -OCH3 is 1. The van der Waals surface area contributed by atoms with Crippen molar-refractivity contribution in [3.63, 3.8) is 0 Å². The third-order valence-corrected chi connectivity index (χ3v) is 2.00. The lowest BCUT2D eigenvalue weighted by Crippen LogP contribution is -2.37. The summed E-state index contributed by atoms with van der Waals surface area (Å²) in [5.74, 6) is -0.233. The van der Waals surface area contributed by atoms with Gasteiger partial charge in [0.15, 0.2) is 0 Å². The van der Waals surface area contributed by atoms with E-state index in [1.165, 1.54) is 7.11 Å². The molecule has 0 fully saturated rings. The predicted molar refractivity (Wildman–Crippen MR) is 50.4 cm³/mol. The minimum atomic E-state index is -0.684. The van der Waals surface area contributed by atoms with Crippen molar-refractivity contribution in [2.24, 2.45) is 0 Å². The first-order chi connectivity index (χ1) is 6.02. The SMILES string of the molecule is CCC(C)(O)CNCCC(=O)OC. The van der Waals surface area contributed by atoms with E-state index >= 15 is 0 Å². The van der Waals surface area contributed by atoms with Crippen molar-refractivity contribution >= 4 is 5.97 Å². The van der Waals surface area contributed by atoms with Gasteiger partial charge < -0.3 is 15.2 Å². The third kappa shape index (κ3) is 6.54. The Morgan fingerprint density at radius 1 is 1.62 bits per heavy atom. The van der Waals surface area contributed by atoms with Crippen molar-refractivity contribution < 1.29 is 14.6 Å². The second-order valence-electron chi connectivity index (χ2n) is 3.35. The number of hydrogen-bond donors (Lipinski definition) is 2. The third-order valence-electron chi connectivity index (χ3n) is 2.00. The van der Waals surface area contributed by atoms with E-state index in [0.29, 0.717) is 25.9 Å². The fraction of sp³-hybridized carbons (Fsp3) is 0.889. The molecule has 4 heteroatoms. The van der Waals surface area contributed by atoms with Gasteiger partial charge in [0.25, 0.3) is 0 Å². The molecule has 0 saturated heterocycles. The molecule has 78 valence electrons. The minimum absolute atomic E-state index is 0.233. The molecule has 0 spiro atoms. The molecule has 0 saturated carbocycles. The number of ether oxygens (including phenoxy) is 1. The molecule has 0 aromatic heterocycles. The van der Waals surface area contributed by atoms with Crippen LogP contribution in [-0.2, 0) is 9.53 Å². The molecule has 0 radical (unpaired) electrons. The smallest absolute Gasteiger partial charge is 0.306 e. The van der Waals surface area contributed by atoms with Crippen LogP contribution >= 0.6 is 0 Å². The maximum atomic E-state index is 10.7. The van der Waals surface area contributed by atoms with Gasteiger partial charge in [-0.2, -0.15) is 0 Å². The van der Waals surface area contributed by atoms with Gasteiger partial charge in [-0.3, -0.25) is 4.79 Å². The van der Waals surface area contributed by atoms with Crippen LogP contribution in [-0.4, -0.2) is 36.9 Å². The molecule has 0 heterocycles. The van der Waals surface area contributed by atoms with E-state index in [0.717, 1.165) is 0 Å². The molecule has 0 aromatic carbocycles. The van der Waals surface area contributed by atoms with Gasteiger partial charge in [0.05, 0.1) is 19.1 Å². The number of esters is 1. The van der Waals surface area contributed by atoms with E-state index in [9.17, 15) is 9.90 Å². The average molecular weight is 189 g/mol. The summed E-state index contributed by atoms with van der Waals surface area (Å²) in [4.78, 5) is 10.7. The van der Waals surface area contributed by atoms with Crippen LogP contribution in [0.4, 0.5) is 0 Å². The zero-order valence-electron chi connectivity index (χ0n) is 8.59. The summed E-state index contributed by atoms with van der Waals surface area (Å²) in [5, 5.41) is 12.6. The van der Waals surface area contributed by atoms with Crippen molar-refractivity contribution in [2.45, 2.75) is 32.3 Å². The highest BCUT2D eigenvalue weighted by molar-refractivity contribution is 5.69. The number of aliphatic hydroxyl groups is 1. The Labute approximate surface area is 79.3 Å². The molecule has 4 nitrogen and oxygen atoms in total. The fourth-order valence-electron chi connectivity index (χ4n) is 0.775. The first-order valence-corrected chi connectivity index (χ1v) is 4.51. The lowest BCUT2D eigenvalue weighted by molar-refractivity contribution is -0.140. The molecular weight excluding hydrogens is 170 g/mol. The molecule has 0 amide bonds. The first-order valence-electron chi connectivity index (χ1n) is 4.51. The molecule has 0 bridgehead atoms. The Kier molecular flexibility index (Phi) is 5.66. The van der Waals surface area contributed by atoms with Gasteiger partial charge in [-0.1, -0.05) is 6.92 Å². The van der Waals surface area contributed by atoms with Gasteiger partial charge in [-0.15, -0.1) is 0 Å². The highest BCUT2D eigenvalue weighted by atomic mass is 16.5. The summed E-state index contributed by atoms with van der Waals surface area (Å²) in [6.07, 6.45) is 1.04. The molecule has 0 aliphatic rings. The summed E-state index contributed by atoms with van der Waals surface area (Å²) >= 11 is 0. The Morgan fingerprint density at radius 2 is 2.23 bits per heavy atom. The second kappa shape index (κ2) is 5.94. The molecule has 0 aliphatic heterocycles. The van der Waals surface area contributed by atoms with Crippen LogP contribution in [0.1, 0.15) is 26.7 Å². The Hall–Kier alpha value is -0.610. The maximum absolute atomic E-state index is 10.7. The van der Waals surface area contributed by atoms with Crippen LogP contribution in [0, 0.1) is 0 Å². The van der Waals surface area contributed by atoms with Crippen LogP contribution in [0.25, 0.3) is 0 Å². The fourth-order valence-corrected chi connectivity index (χ4v) is 0.775. The number of rotatable bonds is 6. The molecule has 0 rings (SSSR count). The highest BCUT2D eigenvalue weighted by Crippen LogP contribution is 2.05. The van der Waals surface area contributed by atoms with Gasteiger partial charge in [-0.05, 0) is 13.3 Å². The number of carbonyl (C=O) groups excluding carboxylic acids is 1. The molecular formula is C9H19NO3. The summed E-state index contributed by atoms with van der Waals surface area (Å²) < 4.78 is 4.47. The van der Waals surface area contributed by atoms with E-state index < -0.39 is 5.60 Å². The summed E-state index contributed by atoms with van der Waals surface area (Å²) in [5.41, 5.74) is -0.684. The lowest BCUT2D eigenvalue weighted by atomic mass is 10.0. The molecule has 0 aliphatic carbocycles. The van der Waals surface area contributed by atoms with E-state index in [1.54, 1.807) is 6.92 Å². The van der Waals surface area contributed by atoms with Gasteiger partial charge in [0.2, 0.25) is 0 Å². The molecule has 1 atom stereocenters. The number of carbonyl (C=O) groups is 1. The molecule has 1 unspecified atom stereocenters. The normalized spacial score (nSPS) is 15.1. The Balaban J connectivity index is 3.41. The number of nitrogens with one attached hydrogen (secondary N) is 1.